The Kier molecular flexibility index (Phi) is 2.78. The van der Waals surface area contributed by atoms with E-state index in [-0.39, 0.29) is 0 Å². The van der Waals surface area contributed by atoms with Gasteiger partial charge in [-0.25, -0.2) is 4.98 Å². The average Bonchev–Trinajstić information content (AvgIpc) is 2.68. The third-order valence-electron chi connectivity index (χ3n) is 1.65. The molecule has 0 spiro atoms. The first-order chi connectivity index (χ1) is 6.90. The summed E-state index contributed by atoms with van der Waals surface area (Å²) in [6.07, 6.45) is 5.22. The van der Waals surface area contributed by atoms with Crippen molar-refractivity contribution in [3.8, 4) is 11.4 Å². The molecule has 0 fully saturated rings. The van der Waals surface area contributed by atoms with Crippen LogP contribution in [0.5, 0.6) is 0 Å². The van der Waals surface area contributed by atoms with Gasteiger partial charge in [0.2, 0.25) is 0 Å². The van der Waals surface area contributed by atoms with Crippen molar-refractivity contribution >= 4 is 11.9 Å². The molecule has 2 heterocycles. The quantitative estimate of drug-likeness (QED) is 0.768. The normalized spacial score (nSPS) is 10.4. The van der Waals surface area contributed by atoms with Gasteiger partial charge in [0.25, 0.3) is 0 Å². The summed E-state index contributed by atoms with van der Waals surface area (Å²) in [7, 11) is 0. The fourth-order valence-corrected chi connectivity index (χ4v) is 1.58. The fraction of sp³-hybridized carbons (Fsp3) is 0.222. The third-order valence-corrected chi connectivity index (χ3v) is 2.35. The standard InChI is InChI=1S/C9H10N4S/c1-2-14-13-7-11-9(12-13)8-4-3-5-10-6-8/h3-7H,2H2,1H3. The molecule has 0 aromatic carbocycles. The third kappa shape index (κ3) is 1.93. The van der Waals surface area contributed by atoms with Gasteiger partial charge >= 0.3 is 0 Å². The molecule has 0 aliphatic rings. The minimum atomic E-state index is 0.721. The van der Waals surface area contributed by atoms with Crippen LogP contribution in [0.15, 0.2) is 30.9 Å². The van der Waals surface area contributed by atoms with Crippen molar-refractivity contribution < 1.29 is 0 Å². The number of rotatable bonds is 3. The van der Waals surface area contributed by atoms with Gasteiger partial charge in [0.1, 0.15) is 6.33 Å². The molecule has 0 unspecified atom stereocenters. The van der Waals surface area contributed by atoms with Gasteiger partial charge < -0.3 is 0 Å². The number of pyridine rings is 1. The van der Waals surface area contributed by atoms with Crippen LogP contribution in [0.2, 0.25) is 0 Å². The van der Waals surface area contributed by atoms with Crippen LogP contribution < -0.4 is 0 Å². The molecule has 5 heteroatoms. The van der Waals surface area contributed by atoms with E-state index >= 15 is 0 Å². The Balaban J connectivity index is 2.25. The fourth-order valence-electron chi connectivity index (χ4n) is 1.07. The monoisotopic (exact) mass is 206 g/mol. The first kappa shape index (κ1) is 9.21. The summed E-state index contributed by atoms with van der Waals surface area (Å²) in [5.41, 5.74) is 0.947. The molecule has 0 radical (unpaired) electrons. The predicted molar refractivity (Wildman–Crippen MR) is 56.8 cm³/mol. The van der Waals surface area contributed by atoms with Crippen LogP contribution in [0.3, 0.4) is 0 Å². The molecule has 2 aromatic heterocycles. The molecule has 0 atom stereocenters. The van der Waals surface area contributed by atoms with Gasteiger partial charge in [-0.15, -0.1) is 5.10 Å². The molecule has 0 saturated carbocycles. The summed E-state index contributed by atoms with van der Waals surface area (Å²) in [4.78, 5) is 8.22. The summed E-state index contributed by atoms with van der Waals surface area (Å²) in [5.74, 6) is 1.70. The molecule has 72 valence electrons. The van der Waals surface area contributed by atoms with E-state index < -0.39 is 0 Å². The maximum atomic E-state index is 4.30. The first-order valence-corrected chi connectivity index (χ1v) is 5.29. The van der Waals surface area contributed by atoms with Gasteiger partial charge in [0.15, 0.2) is 5.82 Å². The molecule has 0 aliphatic carbocycles. The van der Waals surface area contributed by atoms with Crippen molar-refractivity contribution in [3.05, 3.63) is 30.9 Å². The van der Waals surface area contributed by atoms with Crippen LogP contribution >= 0.6 is 11.9 Å². The highest BCUT2D eigenvalue weighted by Crippen LogP contribution is 2.13. The second-order valence-corrected chi connectivity index (χ2v) is 3.84. The van der Waals surface area contributed by atoms with Gasteiger partial charge in [-0.05, 0) is 24.1 Å². The Bertz CT molecular complexity index is 398. The molecule has 0 saturated heterocycles. The zero-order valence-corrected chi connectivity index (χ0v) is 8.61. The average molecular weight is 206 g/mol. The zero-order valence-electron chi connectivity index (χ0n) is 7.79. The van der Waals surface area contributed by atoms with Crippen molar-refractivity contribution in [1.29, 1.82) is 0 Å². The first-order valence-electron chi connectivity index (χ1n) is 4.35. The molecule has 0 N–H and O–H groups in total. The highest BCUT2D eigenvalue weighted by Gasteiger charge is 2.02. The molecule has 4 nitrogen and oxygen atoms in total. The number of aromatic nitrogens is 4. The SMILES string of the molecule is CCSn1cnc(-c2cccnc2)n1. The van der Waals surface area contributed by atoms with Crippen molar-refractivity contribution in [2.24, 2.45) is 0 Å². The topological polar surface area (TPSA) is 43.6 Å². The Labute approximate surface area is 86.5 Å². The minimum Gasteiger partial charge on any atom is -0.264 e. The largest absolute Gasteiger partial charge is 0.264 e. The molecule has 0 bridgehead atoms. The molecule has 2 rings (SSSR count). The molecule has 2 aromatic rings. The maximum absolute atomic E-state index is 4.30. The summed E-state index contributed by atoms with van der Waals surface area (Å²) < 4.78 is 1.77. The van der Waals surface area contributed by atoms with Crippen LogP contribution in [0, 0.1) is 0 Å². The second-order valence-electron chi connectivity index (χ2n) is 2.63. The van der Waals surface area contributed by atoms with E-state index in [1.165, 1.54) is 0 Å². The van der Waals surface area contributed by atoms with Crippen molar-refractivity contribution in [2.75, 3.05) is 5.75 Å². The van der Waals surface area contributed by atoms with Crippen LogP contribution in [0.25, 0.3) is 11.4 Å². The number of hydrogen-bond donors (Lipinski definition) is 0. The van der Waals surface area contributed by atoms with Gasteiger partial charge in [0, 0.05) is 23.7 Å². The molecule has 14 heavy (non-hydrogen) atoms. The number of nitrogens with zero attached hydrogens (tertiary/aromatic N) is 4. The van der Waals surface area contributed by atoms with Crippen molar-refractivity contribution in [1.82, 2.24) is 19.2 Å². The minimum absolute atomic E-state index is 0.721. The lowest BCUT2D eigenvalue weighted by molar-refractivity contribution is 1.01. The Morgan fingerprint density at radius 2 is 2.43 bits per heavy atom. The van der Waals surface area contributed by atoms with E-state index in [2.05, 4.69) is 22.0 Å². The molecular weight excluding hydrogens is 196 g/mol. The maximum Gasteiger partial charge on any atom is 0.183 e. The Morgan fingerprint density at radius 3 is 3.14 bits per heavy atom. The lowest BCUT2D eigenvalue weighted by atomic mass is 10.3. The van der Waals surface area contributed by atoms with Crippen LogP contribution in [0.4, 0.5) is 0 Å². The lowest BCUT2D eigenvalue weighted by Crippen LogP contribution is -1.88. The summed E-state index contributed by atoms with van der Waals surface area (Å²) in [6, 6.07) is 3.83. The van der Waals surface area contributed by atoms with Crippen LogP contribution in [-0.4, -0.2) is 24.9 Å². The van der Waals surface area contributed by atoms with E-state index in [1.807, 2.05) is 12.1 Å². The van der Waals surface area contributed by atoms with Crippen LogP contribution in [0.1, 0.15) is 6.92 Å². The zero-order chi connectivity index (χ0) is 9.80. The van der Waals surface area contributed by atoms with Gasteiger partial charge in [-0.3, -0.25) is 4.98 Å². The highest BCUT2D eigenvalue weighted by molar-refractivity contribution is 7.97. The van der Waals surface area contributed by atoms with E-state index in [9.17, 15) is 0 Å². The number of hydrogen-bond acceptors (Lipinski definition) is 4. The van der Waals surface area contributed by atoms with Crippen molar-refractivity contribution in [3.63, 3.8) is 0 Å². The van der Waals surface area contributed by atoms with Gasteiger partial charge in [-0.1, -0.05) is 6.92 Å². The summed E-state index contributed by atoms with van der Waals surface area (Å²) >= 11 is 1.61. The predicted octanol–water partition coefficient (Wildman–Crippen LogP) is 1.86. The van der Waals surface area contributed by atoms with E-state index in [0.717, 1.165) is 17.1 Å². The highest BCUT2D eigenvalue weighted by atomic mass is 32.2. The molecule has 0 amide bonds. The second kappa shape index (κ2) is 4.23. The van der Waals surface area contributed by atoms with Gasteiger partial charge in [-0.2, -0.15) is 4.09 Å². The van der Waals surface area contributed by atoms with Crippen LogP contribution in [-0.2, 0) is 0 Å². The van der Waals surface area contributed by atoms with Gasteiger partial charge in [0.05, 0.1) is 0 Å². The molecular formula is C9H10N4S. The van der Waals surface area contributed by atoms with Crippen molar-refractivity contribution in [2.45, 2.75) is 6.92 Å². The Hall–Kier alpha value is -1.36. The smallest absolute Gasteiger partial charge is 0.183 e. The lowest BCUT2D eigenvalue weighted by Gasteiger charge is -1.93. The van der Waals surface area contributed by atoms with E-state index in [4.69, 9.17) is 0 Å². The Morgan fingerprint density at radius 1 is 1.50 bits per heavy atom. The summed E-state index contributed by atoms with van der Waals surface area (Å²) in [6.45, 7) is 2.08. The summed E-state index contributed by atoms with van der Waals surface area (Å²) in [5, 5.41) is 4.30. The van der Waals surface area contributed by atoms with E-state index in [1.54, 1.807) is 34.8 Å². The van der Waals surface area contributed by atoms with E-state index in [0.29, 0.717) is 0 Å². The molecule has 0 aliphatic heterocycles.